The van der Waals surface area contributed by atoms with E-state index < -0.39 is 23.5 Å². The van der Waals surface area contributed by atoms with E-state index in [9.17, 15) is 19.2 Å². The van der Waals surface area contributed by atoms with Crippen molar-refractivity contribution in [3.05, 3.63) is 119 Å². The smallest absolute Gasteiger partial charge is 0.338 e. The molecule has 1 unspecified atom stereocenters. The van der Waals surface area contributed by atoms with Crippen molar-refractivity contribution in [3.8, 4) is 11.5 Å². The molecule has 1 atom stereocenters. The van der Waals surface area contributed by atoms with E-state index in [1.807, 2.05) is 36.4 Å². The van der Waals surface area contributed by atoms with E-state index in [1.54, 1.807) is 43.0 Å². The number of hydrogen-bond donors (Lipinski definition) is 0. The molecule has 0 aliphatic carbocycles. The number of benzene rings is 3. The van der Waals surface area contributed by atoms with Gasteiger partial charge in [0, 0.05) is 17.5 Å². The second-order valence-electron chi connectivity index (χ2n) is 10.5. The maximum Gasteiger partial charge on any atom is 0.338 e. The average Bonchev–Trinajstić information content (AvgIpc) is 3.49. The van der Waals surface area contributed by atoms with Crippen molar-refractivity contribution in [1.29, 1.82) is 0 Å². The summed E-state index contributed by atoms with van der Waals surface area (Å²) in [6.45, 7) is 4.95. The van der Waals surface area contributed by atoms with Gasteiger partial charge in [-0.2, -0.15) is 0 Å². The van der Waals surface area contributed by atoms with Gasteiger partial charge in [0.25, 0.3) is 11.5 Å². The summed E-state index contributed by atoms with van der Waals surface area (Å²) >= 11 is 7.52. The van der Waals surface area contributed by atoms with Crippen LogP contribution in [-0.2, 0) is 25.7 Å². The number of anilines is 1. The Bertz CT molecular complexity index is 2150. The average molecular weight is 658 g/mol. The van der Waals surface area contributed by atoms with E-state index in [4.69, 9.17) is 25.8 Å². The zero-order valence-corrected chi connectivity index (χ0v) is 26.9. The first-order valence-corrected chi connectivity index (χ1v) is 15.6. The standard InChI is InChI=1S/C34H28ClN3O7S/c1-5-44-33(42)27-18(2)36-34-38(29(27)20-14-15-25(45-19(3)39)26(16-20)43-4)32(41)30(46-34)28-22-11-7-9-13-24(22)37(31(28)40)17-21-10-6-8-12-23(21)35/h6-16,29H,5,17H2,1-4H3. The molecule has 1 aromatic heterocycles. The predicted octanol–water partition coefficient (Wildman–Crippen LogP) is 4.30. The molecule has 1 amide bonds. The quantitative estimate of drug-likeness (QED) is 0.215. The van der Waals surface area contributed by atoms with E-state index in [1.165, 1.54) is 24.7 Å². The highest BCUT2D eigenvalue weighted by Crippen LogP contribution is 2.38. The second-order valence-corrected chi connectivity index (χ2v) is 11.9. The van der Waals surface area contributed by atoms with Gasteiger partial charge in [0.1, 0.15) is 4.53 Å². The van der Waals surface area contributed by atoms with Crippen LogP contribution in [0.4, 0.5) is 5.69 Å². The van der Waals surface area contributed by atoms with Gasteiger partial charge in [-0.05, 0) is 49.2 Å². The zero-order chi connectivity index (χ0) is 32.7. The molecule has 0 saturated carbocycles. The normalized spacial score (nSPS) is 16.5. The Balaban J connectivity index is 1.57. The Hall–Kier alpha value is -5.00. The van der Waals surface area contributed by atoms with Crippen LogP contribution in [0.5, 0.6) is 11.5 Å². The highest BCUT2D eigenvalue weighted by molar-refractivity contribution is 7.07. The van der Waals surface area contributed by atoms with Gasteiger partial charge in [-0.25, -0.2) is 9.79 Å². The van der Waals surface area contributed by atoms with Crippen molar-refractivity contribution in [2.24, 2.45) is 4.99 Å². The van der Waals surface area contributed by atoms with Crippen LogP contribution < -0.4 is 29.3 Å². The number of nitrogens with zero attached hydrogens (tertiary/aromatic N) is 3. The van der Waals surface area contributed by atoms with Gasteiger partial charge >= 0.3 is 11.9 Å². The Kier molecular flexibility index (Phi) is 8.37. The van der Waals surface area contributed by atoms with Crippen LogP contribution in [0.1, 0.15) is 43.5 Å². The molecule has 3 aromatic carbocycles. The van der Waals surface area contributed by atoms with Crippen LogP contribution in [0.2, 0.25) is 5.02 Å². The van der Waals surface area contributed by atoms with Gasteiger partial charge in [-0.3, -0.25) is 19.0 Å². The van der Waals surface area contributed by atoms with Gasteiger partial charge in [-0.1, -0.05) is 65.4 Å². The lowest BCUT2D eigenvalue weighted by Crippen LogP contribution is -2.41. The Morgan fingerprint density at radius 3 is 2.48 bits per heavy atom. The van der Waals surface area contributed by atoms with Gasteiger partial charge < -0.3 is 19.1 Å². The van der Waals surface area contributed by atoms with E-state index in [2.05, 4.69) is 4.99 Å². The molecule has 0 radical (unpaired) electrons. The lowest BCUT2D eigenvalue weighted by Gasteiger charge is -2.25. The summed E-state index contributed by atoms with van der Waals surface area (Å²) in [5.74, 6) is -1.11. The maximum atomic E-state index is 14.5. The van der Waals surface area contributed by atoms with Crippen molar-refractivity contribution in [3.63, 3.8) is 0 Å². The first kappa shape index (κ1) is 31.0. The lowest BCUT2D eigenvalue weighted by atomic mass is 9.95. The first-order chi connectivity index (χ1) is 22.1. The molecule has 0 spiro atoms. The summed E-state index contributed by atoms with van der Waals surface area (Å²) in [5, 5.41) is 0.526. The number of halogens is 1. The molecule has 234 valence electrons. The van der Waals surface area contributed by atoms with E-state index >= 15 is 0 Å². The largest absolute Gasteiger partial charge is 0.493 e. The zero-order valence-electron chi connectivity index (χ0n) is 25.3. The maximum absolute atomic E-state index is 14.5. The van der Waals surface area contributed by atoms with Crippen molar-refractivity contribution < 1.29 is 28.6 Å². The summed E-state index contributed by atoms with van der Waals surface area (Å²) in [7, 11) is 1.42. The number of amides is 1. The molecule has 10 nitrogen and oxygen atoms in total. The minimum atomic E-state index is -0.976. The Morgan fingerprint density at radius 2 is 1.76 bits per heavy atom. The summed E-state index contributed by atoms with van der Waals surface area (Å²) < 4.78 is 17.8. The molecule has 0 N–H and O–H groups in total. The molecular weight excluding hydrogens is 630 g/mol. The number of ether oxygens (including phenoxy) is 3. The molecule has 4 aromatic rings. The highest BCUT2D eigenvalue weighted by Gasteiger charge is 2.38. The van der Waals surface area contributed by atoms with Gasteiger partial charge in [0.05, 0.1) is 48.8 Å². The van der Waals surface area contributed by atoms with Crippen LogP contribution in [0.3, 0.4) is 0 Å². The molecule has 12 heteroatoms. The number of rotatable bonds is 7. The third-order valence-corrected chi connectivity index (χ3v) is 9.11. The van der Waals surface area contributed by atoms with Crippen LogP contribution in [0.25, 0.3) is 5.57 Å². The fraction of sp³-hybridized carbons (Fsp3) is 0.206. The summed E-state index contributed by atoms with van der Waals surface area (Å²) in [6, 6.07) is 18.4. The lowest BCUT2D eigenvalue weighted by molar-refractivity contribution is -0.139. The molecule has 3 heterocycles. The molecule has 46 heavy (non-hydrogen) atoms. The van der Waals surface area contributed by atoms with Gasteiger partial charge in [0.2, 0.25) is 0 Å². The number of hydrogen-bond acceptors (Lipinski definition) is 9. The minimum Gasteiger partial charge on any atom is -0.493 e. The van der Waals surface area contributed by atoms with E-state index in [0.717, 1.165) is 16.9 Å². The second kappa shape index (κ2) is 12.4. The van der Waals surface area contributed by atoms with Crippen molar-refractivity contribution in [2.75, 3.05) is 18.6 Å². The fourth-order valence-corrected chi connectivity index (χ4v) is 7.04. The monoisotopic (exact) mass is 657 g/mol. The van der Waals surface area contributed by atoms with Crippen LogP contribution in [0, 0.1) is 0 Å². The van der Waals surface area contributed by atoms with Crippen molar-refractivity contribution in [1.82, 2.24) is 4.57 Å². The molecule has 6 rings (SSSR count). The number of fused-ring (bicyclic) bond motifs is 2. The van der Waals surface area contributed by atoms with E-state index in [-0.39, 0.29) is 46.2 Å². The third-order valence-electron chi connectivity index (χ3n) is 7.69. The topological polar surface area (TPSA) is 117 Å². The molecule has 0 fully saturated rings. The Morgan fingerprint density at radius 1 is 1.02 bits per heavy atom. The van der Waals surface area contributed by atoms with Crippen molar-refractivity contribution in [2.45, 2.75) is 33.4 Å². The molecule has 2 aliphatic rings. The number of allylic oxidation sites excluding steroid dienone is 1. The number of methoxy groups -OCH3 is 1. The third kappa shape index (κ3) is 5.31. The van der Waals surface area contributed by atoms with E-state index in [0.29, 0.717) is 32.3 Å². The van der Waals surface area contributed by atoms with Gasteiger partial charge in [-0.15, -0.1) is 0 Å². The Labute approximate surface area is 272 Å². The predicted molar refractivity (Wildman–Crippen MR) is 173 cm³/mol. The first-order valence-electron chi connectivity index (χ1n) is 14.4. The summed E-state index contributed by atoms with van der Waals surface area (Å²) in [6.07, 6.45) is 0. The van der Waals surface area contributed by atoms with Gasteiger partial charge in [0.15, 0.2) is 16.3 Å². The number of thiazole rings is 1. The number of carbonyl (C=O) groups is 3. The fourth-order valence-electron chi connectivity index (χ4n) is 5.70. The van der Waals surface area contributed by atoms with Crippen molar-refractivity contribution >= 4 is 52.0 Å². The summed E-state index contributed by atoms with van der Waals surface area (Å²) in [5.41, 5.74) is 2.77. The SMILES string of the molecule is CCOC(=O)C1=C(C)N=c2sc(=C3C(=O)N(Cc4ccccc4Cl)c4ccccc43)c(=O)n2C1c1ccc(OC(C)=O)c(OC)c1. The minimum absolute atomic E-state index is 0.109. The highest BCUT2D eigenvalue weighted by atomic mass is 35.5. The molecule has 0 saturated heterocycles. The molecule has 0 bridgehead atoms. The van der Waals surface area contributed by atoms with Crippen LogP contribution in [0.15, 0.2) is 87.8 Å². The number of esters is 2. The van der Waals surface area contributed by atoms with Crippen LogP contribution in [-0.4, -0.2) is 36.1 Å². The molecular formula is C34H28ClN3O7S. The number of carbonyl (C=O) groups excluding carboxylic acids is 3. The number of aromatic nitrogens is 1. The molecule has 2 aliphatic heterocycles. The summed E-state index contributed by atoms with van der Waals surface area (Å²) in [4.78, 5) is 60.2. The number of para-hydroxylation sites is 1. The van der Waals surface area contributed by atoms with Crippen LogP contribution >= 0.6 is 22.9 Å².